The van der Waals surface area contributed by atoms with Gasteiger partial charge in [0, 0.05) is 38.1 Å². The van der Waals surface area contributed by atoms with Crippen LogP contribution in [0.2, 0.25) is 0 Å². The van der Waals surface area contributed by atoms with Crippen molar-refractivity contribution in [2.24, 2.45) is 5.41 Å². The van der Waals surface area contributed by atoms with E-state index in [1.165, 1.54) is 12.1 Å². The van der Waals surface area contributed by atoms with Crippen molar-refractivity contribution in [3.63, 3.8) is 0 Å². The smallest absolute Gasteiger partial charge is 0.228 e. The molecule has 3 aromatic rings. The van der Waals surface area contributed by atoms with Crippen LogP contribution in [0.5, 0.6) is 0 Å². The predicted molar refractivity (Wildman–Crippen MR) is 126 cm³/mol. The largest absolute Gasteiger partial charge is 0.359 e. The number of benzene rings is 2. The molecule has 0 radical (unpaired) electrons. The Balaban J connectivity index is 1.60. The van der Waals surface area contributed by atoms with Crippen LogP contribution in [-0.4, -0.2) is 41.8 Å². The highest BCUT2D eigenvalue weighted by atomic mass is 19.1. The van der Waals surface area contributed by atoms with Crippen LogP contribution in [0.4, 0.5) is 4.39 Å². The van der Waals surface area contributed by atoms with Crippen LogP contribution in [0.3, 0.4) is 0 Å². The molecule has 1 aromatic heterocycles. The van der Waals surface area contributed by atoms with Gasteiger partial charge >= 0.3 is 0 Å². The Kier molecular flexibility index (Phi) is 6.82. The van der Waals surface area contributed by atoms with E-state index in [1.54, 1.807) is 30.3 Å². The molecule has 1 aliphatic rings. The van der Waals surface area contributed by atoms with E-state index in [9.17, 15) is 14.0 Å². The molecule has 0 spiro atoms. The van der Waals surface area contributed by atoms with E-state index >= 15 is 0 Å². The third-order valence-electron chi connectivity index (χ3n) is 6.40. The number of nitrogens with one attached hydrogen (secondary N) is 1. The Labute approximate surface area is 193 Å². The summed E-state index contributed by atoms with van der Waals surface area (Å²) < 4.78 is 13.6. The number of amides is 2. The summed E-state index contributed by atoms with van der Waals surface area (Å²) in [5, 5.41) is 2.83. The van der Waals surface area contributed by atoms with E-state index in [2.05, 4.69) is 10.3 Å². The van der Waals surface area contributed by atoms with Gasteiger partial charge in [0.05, 0.1) is 11.8 Å². The van der Waals surface area contributed by atoms with Crippen molar-refractivity contribution < 1.29 is 14.0 Å². The van der Waals surface area contributed by atoms with Gasteiger partial charge in [0.2, 0.25) is 11.8 Å². The minimum absolute atomic E-state index is 0.0632. The molecule has 2 heterocycles. The van der Waals surface area contributed by atoms with Crippen LogP contribution in [0.1, 0.15) is 24.0 Å². The van der Waals surface area contributed by atoms with Crippen molar-refractivity contribution >= 4 is 11.8 Å². The molecule has 1 saturated heterocycles. The summed E-state index contributed by atoms with van der Waals surface area (Å²) in [5.74, 6) is -0.508. The first-order chi connectivity index (χ1) is 16.0. The molecule has 2 aromatic carbocycles. The van der Waals surface area contributed by atoms with Crippen LogP contribution in [0, 0.1) is 11.2 Å². The fourth-order valence-corrected chi connectivity index (χ4v) is 4.80. The Morgan fingerprint density at radius 2 is 1.97 bits per heavy atom. The Morgan fingerprint density at radius 3 is 2.73 bits per heavy atom. The van der Waals surface area contributed by atoms with E-state index < -0.39 is 5.41 Å². The van der Waals surface area contributed by atoms with Crippen molar-refractivity contribution in [1.82, 2.24) is 15.2 Å². The normalized spacial score (nSPS) is 18.1. The summed E-state index contributed by atoms with van der Waals surface area (Å²) >= 11 is 0. The van der Waals surface area contributed by atoms with E-state index in [0.717, 1.165) is 23.1 Å². The molecule has 4 rings (SSSR count). The molecule has 1 fully saturated rings. The molecular formula is C27H28FN3O2. The van der Waals surface area contributed by atoms with E-state index in [4.69, 9.17) is 0 Å². The molecule has 5 nitrogen and oxygen atoms in total. The van der Waals surface area contributed by atoms with Crippen LogP contribution >= 0.6 is 0 Å². The molecule has 1 N–H and O–H groups in total. The third-order valence-corrected chi connectivity index (χ3v) is 6.40. The maximum absolute atomic E-state index is 13.6. The van der Waals surface area contributed by atoms with E-state index in [0.29, 0.717) is 31.5 Å². The average molecular weight is 446 g/mol. The van der Waals surface area contributed by atoms with Crippen molar-refractivity contribution in [3.05, 3.63) is 90.0 Å². The lowest BCUT2D eigenvalue weighted by molar-refractivity contribution is -0.141. The molecule has 0 unspecified atom stereocenters. The first-order valence-electron chi connectivity index (χ1n) is 11.2. The maximum atomic E-state index is 13.6. The number of hydrogen-bond acceptors (Lipinski definition) is 3. The zero-order chi connectivity index (χ0) is 23.3. The molecular weight excluding hydrogens is 417 g/mol. The molecule has 1 aliphatic heterocycles. The average Bonchev–Trinajstić information content (AvgIpc) is 2.84. The van der Waals surface area contributed by atoms with Gasteiger partial charge in [-0.3, -0.25) is 14.6 Å². The molecule has 2 amide bonds. The number of likely N-dealkylation sites (tertiary alicyclic amines) is 1. The second kappa shape index (κ2) is 9.94. The highest BCUT2D eigenvalue weighted by molar-refractivity contribution is 5.85. The predicted octanol–water partition coefficient (Wildman–Crippen LogP) is 4.03. The van der Waals surface area contributed by atoms with E-state index in [-0.39, 0.29) is 24.1 Å². The Morgan fingerprint density at radius 1 is 1.12 bits per heavy atom. The molecule has 1 atom stereocenters. The molecule has 6 heteroatoms. The molecule has 0 saturated carbocycles. The van der Waals surface area contributed by atoms with Crippen molar-refractivity contribution in [1.29, 1.82) is 0 Å². The zero-order valence-electron chi connectivity index (χ0n) is 18.8. The summed E-state index contributed by atoms with van der Waals surface area (Å²) in [6.45, 7) is 0.930. The lowest BCUT2D eigenvalue weighted by Gasteiger charge is -2.42. The number of piperidine rings is 1. The van der Waals surface area contributed by atoms with Gasteiger partial charge in [-0.2, -0.15) is 0 Å². The summed E-state index contributed by atoms with van der Waals surface area (Å²) in [6.07, 6.45) is 5.62. The minimum atomic E-state index is -0.733. The molecule has 0 aliphatic carbocycles. The summed E-state index contributed by atoms with van der Waals surface area (Å²) in [7, 11) is 1.64. The SMILES string of the molecule is CNC(=O)[C@]1(Cc2ccccc2-c2cccnc2)CCCN(C(=O)Cc2cccc(F)c2)C1. The second-order valence-electron chi connectivity index (χ2n) is 8.66. The first-order valence-corrected chi connectivity index (χ1v) is 11.2. The third kappa shape index (κ3) is 5.11. The van der Waals surface area contributed by atoms with Crippen LogP contribution < -0.4 is 5.32 Å². The number of hydrogen-bond donors (Lipinski definition) is 1. The van der Waals surface area contributed by atoms with Crippen molar-refractivity contribution in [3.8, 4) is 11.1 Å². The molecule has 0 bridgehead atoms. The number of aromatic nitrogens is 1. The van der Waals surface area contributed by atoms with Crippen LogP contribution in [-0.2, 0) is 22.4 Å². The zero-order valence-corrected chi connectivity index (χ0v) is 18.8. The van der Waals surface area contributed by atoms with Crippen molar-refractivity contribution in [2.75, 3.05) is 20.1 Å². The number of carbonyl (C=O) groups excluding carboxylic acids is 2. The van der Waals surface area contributed by atoms with Gasteiger partial charge in [-0.25, -0.2) is 4.39 Å². The number of halogens is 1. The number of pyridine rings is 1. The summed E-state index contributed by atoms with van der Waals surface area (Å²) in [4.78, 5) is 32.3. The van der Waals surface area contributed by atoms with Gasteiger partial charge in [-0.05, 0) is 54.2 Å². The Hall–Kier alpha value is -3.54. The van der Waals surface area contributed by atoms with Gasteiger partial charge in [-0.15, -0.1) is 0 Å². The molecule has 33 heavy (non-hydrogen) atoms. The van der Waals surface area contributed by atoms with Gasteiger partial charge in [0.25, 0.3) is 0 Å². The fourth-order valence-electron chi connectivity index (χ4n) is 4.80. The number of rotatable bonds is 6. The number of nitrogens with zero attached hydrogens (tertiary/aromatic N) is 2. The van der Waals surface area contributed by atoms with Crippen LogP contribution in [0.15, 0.2) is 73.1 Å². The summed E-state index contributed by atoms with van der Waals surface area (Å²) in [5.41, 5.74) is 2.99. The van der Waals surface area contributed by atoms with Gasteiger partial charge in [-0.1, -0.05) is 42.5 Å². The number of carbonyl (C=O) groups is 2. The van der Waals surface area contributed by atoms with Gasteiger partial charge < -0.3 is 10.2 Å². The summed E-state index contributed by atoms with van der Waals surface area (Å²) in [6, 6.07) is 18.1. The highest BCUT2D eigenvalue weighted by Gasteiger charge is 2.43. The highest BCUT2D eigenvalue weighted by Crippen LogP contribution is 2.37. The lowest BCUT2D eigenvalue weighted by atomic mass is 9.73. The first kappa shape index (κ1) is 22.6. The van der Waals surface area contributed by atoms with E-state index in [1.807, 2.05) is 42.6 Å². The molecule has 170 valence electrons. The minimum Gasteiger partial charge on any atom is -0.359 e. The Bertz CT molecular complexity index is 1130. The second-order valence-corrected chi connectivity index (χ2v) is 8.66. The standard InChI is InChI=1S/C27H28FN3O2/c1-29-26(33)27(17-21-8-2-3-11-24(21)22-9-5-13-30-18-22)12-6-14-31(19-27)25(32)16-20-7-4-10-23(28)15-20/h2-5,7-11,13,15,18H,6,12,14,16-17,19H2,1H3,(H,29,33)/t27-/m0/s1. The quantitative estimate of drug-likeness (QED) is 0.623. The van der Waals surface area contributed by atoms with Gasteiger partial charge in [0.1, 0.15) is 5.82 Å². The lowest BCUT2D eigenvalue weighted by Crippen LogP contribution is -2.54. The maximum Gasteiger partial charge on any atom is 0.228 e. The fraction of sp³-hybridized carbons (Fsp3) is 0.296. The van der Waals surface area contributed by atoms with Crippen molar-refractivity contribution in [2.45, 2.75) is 25.7 Å². The monoisotopic (exact) mass is 445 g/mol. The topological polar surface area (TPSA) is 62.3 Å². The van der Waals surface area contributed by atoms with Gasteiger partial charge in [0.15, 0.2) is 0 Å². The van der Waals surface area contributed by atoms with Crippen LogP contribution in [0.25, 0.3) is 11.1 Å².